The maximum absolute atomic E-state index is 5.31. The molecular weight excluding hydrogens is 216 g/mol. The van der Waals surface area contributed by atoms with Crippen molar-refractivity contribution in [2.45, 2.75) is 6.92 Å². The van der Waals surface area contributed by atoms with Crippen molar-refractivity contribution in [1.82, 2.24) is 0 Å². The molecule has 0 aliphatic rings. The zero-order valence-electron chi connectivity index (χ0n) is 6.80. The van der Waals surface area contributed by atoms with Crippen molar-refractivity contribution in [2.24, 2.45) is 0 Å². The van der Waals surface area contributed by atoms with E-state index in [1.54, 1.807) is 6.92 Å². The molecule has 0 saturated carbocycles. The quantitative estimate of drug-likeness (QED) is 0.703. The van der Waals surface area contributed by atoms with Crippen LogP contribution in [0.3, 0.4) is 0 Å². The van der Waals surface area contributed by atoms with Crippen LogP contribution in [-0.4, -0.2) is 6.61 Å². The predicted octanol–water partition coefficient (Wildman–Crippen LogP) is 2.85. The van der Waals surface area contributed by atoms with E-state index in [1.165, 1.54) is 0 Å². The highest BCUT2D eigenvalue weighted by Gasteiger charge is 1.90. The van der Waals surface area contributed by atoms with Crippen LogP contribution in [0.4, 0.5) is 0 Å². The van der Waals surface area contributed by atoms with E-state index in [2.05, 4.69) is 27.8 Å². The third kappa shape index (κ3) is 2.98. The lowest BCUT2D eigenvalue weighted by Gasteiger charge is -2.00. The second-order valence-electron chi connectivity index (χ2n) is 2.17. The minimum Gasteiger partial charge on any atom is -0.481 e. The summed E-state index contributed by atoms with van der Waals surface area (Å²) in [5, 5.41) is 0. The fourth-order valence-corrected chi connectivity index (χ4v) is 0.987. The van der Waals surface area contributed by atoms with Crippen LogP contribution < -0.4 is 4.74 Å². The number of hydrogen-bond donors (Lipinski definition) is 0. The molecule has 0 aromatic heterocycles. The largest absolute Gasteiger partial charge is 0.481 e. The van der Waals surface area contributed by atoms with E-state index in [9.17, 15) is 0 Å². The van der Waals surface area contributed by atoms with Gasteiger partial charge >= 0.3 is 0 Å². The van der Waals surface area contributed by atoms with Crippen molar-refractivity contribution in [1.29, 1.82) is 0 Å². The molecule has 0 spiro atoms. The van der Waals surface area contributed by atoms with Gasteiger partial charge in [0.2, 0.25) is 0 Å². The Labute approximate surface area is 80.9 Å². The molecule has 0 heterocycles. The molecule has 2 heteroatoms. The van der Waals surface area contributed by atoms with Crippen LogP contribution in [0.2, 0.25) is 0 Å². The molecule has 0 N–H and O–H groups in total. The van der Waals surface area contributed by atoms with Gasteiger partial charge in [-0.2, -0.15) is 0 Å². The summed E-state index contributed by atoms with van der Waals surface area (Å²) in [5.74, 6) is 6.44. The van der Waals surface area contributed by atoms with Gasteiger partial charge in [0.15, 0.2) is 0 Å². The zero-order chi connectivity index (χ0) is 8.81. The maximum Gasteiger partial charge on any atom is 0.149 e. The molecule has 1 aromatic rings. The highest BCUT2D eigenvalue weighted by atomic mass is 79.9. The third-order valence-electron chi connectivity index (χ3n) is 1.30. The van der Waals surface area contributed by atoms with E-state index in [4.69, 9.17) is 4.74 Å². The highest BCUT2D eigenvalue weighted by molar-refractivity contribution is 9.10. The normalized spacial score (nSPS) is 8.50. The molecule has 12 heavy (non-hydrogen) atoms. The molecule has 1 aromatic carbocycles. The lowest BCUT2D eigenvalue weighted by molar-refractivity contribution is 0.370. The predicted molar refractivity (Wildman–Crippen MR) is 53.1 cm³/mol. The van der Waals surface area contributed by atoms with Crippen LogP contribution in [-0.2, 0) is 0 Å². The molecule has 0 amide bonds. The van der Waals surface area contributed by atoms with Gasteiger partial charge in [0.05, 0.1) is 0 Å². The molecule has 0 radical (unpaired) electrons. The number of ether oxygens (including phenoxy) is 1. The molecule has 0 aliphatic carbocycles. The summed E-state index contributed by atoms with van der Waals surface area (Å²) in [5.41, 5.74) is 0. The van der Waals surface area contributed by atoms with E-state index < -0.39 is 0 Å². The zero-order valence-corrected chi connectivity index (χ0v) is 8.39. The Hall–Kier alpha value is -0.940. The average molecular weight is 225 g/mol. The Kier molecular flexibility index (Phi) is 3.69. The summed E-state index contributed by atoms with van der Waals surface area (Å²) in [6.07, 6.45) is 0. The van der Waals surface area contributed by atoms with Gasteiger partial charge < -0.3 is 4.74 Å². The molecule has 62 valence electrons. The van der Waals surface area contributed by atoms with Gasteiger partial charge in [-0.15, -0.1) is 5.92 Å². The van der Waals surface area contributed by atoms with E-state index in [0.29, 0.717) is 6.61 Å². The van der Waals surface area contributed by atoms with Crippen molar-refractivity contribution in [3.8, 4) is 17.6 Å². The van der Waals surface area contributed by atoms with Crippen molar-refractivity contribution >= 4 is 15.9 Å². The van der Waals surface area contributed by atoms with Gasteiger partial charge in [0.25, 0.3) is 0 Å². The first-order valence-corrected chi connectivity index (χ1v) is 4.40. The average Bonchev–Trinajstić information content (AvgIpc) is 2.09. The van der Waals surface area contributed by atoms with E-state index >= 15 is 0 Å². The molecule has 1 nitrogen and oxygen atoms in total. The van der Waals surface area contributed by atoms with E-state index in [-0.39, 0.29) is 0 Å². The number of benzene rings is 1. The van der Waals surface area contributed by atoms with Gasteiger partial charge in [-0.25, -0.2) is 0 Å². The first kappa shape index (κ1) is 9.15. The maximum atomic E-state index is 5.31. The Morgan fingerprint density at radius 1 is 1.33 bits per heavy atom. The number of hydrogen-bond acceptors (Lipinski definition) is 1. The lowest BCUT2D eigenvalue weighted by Crippen LogP contribution is -1.92. The van der Waals surface area contributed by atoms with Crippen molar-refractivity contribution in [3.63, 3.8) is 0 Å². The van der Waals surface area contributed by atoms with Crippen LogP contribution in [0, 0.1) is 11.8 Å². The second kappa shape index (κ2) is 4.84. The second-order valence-corrected chi connectivity index (χ2v) is 3.09. The third-order valence-corrected chi connectivity index (χ3v) is 1.83. The SMILES string of the molecule is CC#CCOc1ccc(Br)cc1. The monoisotopic (exact) mass is 224 g/mol. The molecule has 1 rings (SSSR count). The Balaban J connectivity index is 2.51. The van der Waals surface area contributed by atoms with E-state index in [1.807, 2.05) is 24.3 Å². The molecule has 0 saturated heterocycles. The summed E-state index contributed by atoms with van der Waals surface area (Å²) in [4.78, 5) is 0. The van der Waals surface area contributed by atoms with Gasteiger partial charge in [-0.05, 0) is 31.2 Å². The molecule has 0 atom stereocenters. The van der Waals surface area contributed by atoms with Crippen LogP contribution in [0.1, 0.15) is 6.92 Å². The van der Waals surface area contributed by atoms with Gasteiger partial charge in [-0.1, -0.05) is 21.9 Å². The van der Waals surface area contributed by atoms with E-state index in [0.717, 1.165) is 10.2 Å². The minimum atomic E-state index is 0.456. The lowest BCUT2D eigenvalue weighted by atomic mass is 10.3. The smallest absolute Gasteiger partial charge is 0.149 e. The number of rotatable bonds is 2. The Morgan fingerprint density at radius 2 is 2.00 bits per heavy atom. The highest BCUT2D eigenvalue weighted by Crippen LogP contribution is 2.15. The first-order valence-electron chi connectivity index (χ1n) is 3.61. The van der Waals surface area contributed by atoms with Crippen LogP contribution >= 0.6 is 15.9 Å². The number of halogens is 1. The van der Waals surface area contributed by atoms with Gasteiger partial charge in [-0.3, -0.25) is 0 Å². The van der Waals surface area contributed by atoms with Crippen LogP contribution in [0.25, 0.3) is 0 Å². The molecule has 0 unspecified atom stereocenters. The van der Waals surface area contributed by atoms with Gasteiger partial charge in [0.1, 0.15) is 12.4 Å². The first-order chi connectivity index (χ1) is 5.83. The standard InChI is InChI=1S/C10H9BrO/c1-2-3-8-12-10-6-4-9(11)5-7-10/h4-7H,8H2,1H3. The Morgan fingerprint density at radius 3 is 2.58 bits per heavy atom. The fraction of sp³-hybridized carbons (Fsp3) is 0.200. The van der Waals surface area contributed by atoms with Crippen LogP contribution in [0.5, 0.6) is 5.75 Å². The molecule has 0 aliphatic heterocycles. The summed E-state index contributed by atoms with van der Waals surface area (Å²) in [6.45, 7) is 2.25. The summed E-state index contributed by atoms with van der Waals surface area (Å²) in [7, 11) is 0. The summed E-state index contributed by atoms with van der Waals surface area (Å²) >= 11 is 3.34. The minimum absolute atomic E-state index is 0.456. The molecular formula is C10H9BrO. The summed E-state index contributed by atoms with van der Waals surface area (Å²) < 4.78 is 6.36. The van der Waals surface area contributed by atoms with Crippen molar-refractivity contribution in [3.05, 3.63) is 28.7 Å². The van der Waals surface area contributed by atoms with Crippen LogP contribution in [0.15, 0.2) is 28.7 Å². The topological polar surface area (TPSA) is 9.23 Å². The molecule has 0 fully saturated rings. The van der Waals surface area contributed by atoms with Crippen molar-refractivity contribution < 1.29 is 4.74 Å². The Bertz CT molecular complexity index is 292. The van der Waals surface area contributed by atoms with Crippen molar-refractivity contribution in [2.75, 3.05) is 6.61 Å². The fourth-order valence-electron chi connectivity index (χ4n) is 0.722. The summed E-state index contributed by atoms with van der Waals surface area (Å²) in [6, 6.07) is 7.69. The van der Waals surface area contributed by atoms with Gasteiger partial charge in [0, 0.05) is 4.47 Å². The molecule has 0 bridgehead atoms.